The zero-order valence-electron chi connectivity index (χ0n) is 9.27. The van der Waals surface area contributed by atoms with Crippen LogP contribution in [0.3, 0.4) is 0 Å². The lowest BCUT2D eigenvalue weighted by Gasteiger charge is -2.10. The second-order valence-corrected chi connectivity index (χ2v) is 3.93. The van der Waals surface area contributed by atoms with Crippen LogP contribution in [-0.2, 0) is 6.61 Å². The van der Waals surface area contributed by atoms with Gasteiger partial charge in [-0.05, 0) is 18.4 Å². The molecule has 2 aromatic carbocycles. The molecule has 2 rings (SSSR count). The monoisotopic (exact) mass is 232 g/mol. The van der Waals surface area contributed by atoms with E-state index in [1.54, 1.807) is 12.1 Å². The standard InChI is InChI=1S/C13H12O4/c1-7-2-3-8-9(4-7)11(6-14)10(13(16)17)5-12(8)15/h2-5,14-15H,6H2,1H3,(H,16,17). The lowest BCUT2D eigenvalue weighted by atomic mass is 9.97. The Kier molecular flexibility index (Phi) is 2.73. The SMILES string of the molecule is Cc1ccc2c(O)cc(C(=O)O)c(CO)c2c1. The van der Waals surface area contributed by atoms with E-state index in [1.807, 2.05) is 13.0 Å². The van der Waals surface area contributed by atoms with Gasteiger partial charge in [0.2, 0.25) is 0 Å². The third-order valence-corrected chi connectivity index (χ3v) is 2.77. The first-order valence-corrected chi connectivity index (χ1v) is 5.14. The smallest absolute Gasteiger partial charge is 0.336 e. The second-order valence-electron chi connectivity index (χ2n) is 3.93. The first kappa shape index (κ1) is 11.4. The van der Waals surface area contributed by atoms with Gasteiger partial charge in [-0.3, -0.25) is 0 Å². The van der Waals surface area contributed by atoms with Crippen molar-refractivity contribution in [2.24, 2.45) is 0 Å². The van der Waals surface area contributed by atoms with Gasteiger partial charge in [-0.1, -0.05) is 23.8 Å². The summed E-state index contributed by atoms with van der Waals surface area (Å²) >= 11 is 0. The first-order chi connectivity index (χ1) is 8.04. The van der Waals surface area contributed by atoms with Crippen molar-refractivity contribution in [3.8, 4) is 5.75 Å². The molecule has 0 saturated heterocycles. The molecule has 0 aliphatic carbocycles. The molecule has 88 valence electrons. The van der Waals surface area contributed by atoms with Gasteiger partial charge in [0.1, 0.15) is 5.75 Å². The van der Waals surface area contributed by atoms with Crippen molar-refractivity contribution in [3.63, 3.8) is 0 Å². The van der Waals surface area contributed by atoms with Gasteiger partial charge in [0.15, 0.2) is 0 Å². The Morgan fingerprint density at radius 2 is 1.94 bits per heavy atom. The van der Waals surface area contributed by atoms with E-state index in [0.717, 1.165) is 5.56 Å². The Bertz CT molecular complexity index is 602. The Morgan fingerprint density at radius 3 is 2.53 bits per heavy atom. The van der Waals surface area contributed by atoms with Crippen LogP contribution in [-0.4, -0.2) is 21.3 Å². The number of carboxylic acids is 1. The van der Waals surface area contributed by atoms with E-state index in [4.69, 9.17) is 5.11 Å². The lowest BCUT2D eigenvalue weighted by molar-refractivity contribution is 0.0693. The fourth-order valence-corrected chi connectivity index (χ4v) is 1.94. The Balaban J connectivity index is 2.92. The number of benzene rings is 2. The molecule has 0 fully saturated rings. The van der Waals surface area contributed by atoms with E-state index in [9.17, 15) is 15.0 Å². The van der Waals surface area contributed by atoms with E-state index in [1.165, 1.54) is 6.07 Å². The summed E-state index contributed by atoms with van der Waals surface area (Å²) in [6, 6.07) is 6.47. The summed E-state index contributed by atoms with van der Waals surface area (Å²) in [5.74, 6) is -1.25. The molecule has 0 radical (unpaired) electrons. The number of aliphatic hydroxyl groups is 1. The summed E-state index contributed by atoms with van der Waals surface area (Å²) in [5.41, 5.74) is 1.20. The van der Waals surface area contributed by atoms with E-state index < -0.39 is 5.97 Å². The van der Waals surface area contributed by atoms with Crippen molar-refractivity contribution in [1.29, 1.82) is 0 Å². The molecule has 0 amide bonds. The summed E-state index contributed by atoms with van der Waals surface area (Å²) in [4.78, 5) is 11.0. The molecule has 0 atom stereocenters. The number of phenolic OH excluding ortho intramolecular Hbond substituents is 1. The minimum Gasteiger partial charge on any atom is -0.507 e. The van der Waals surface area contributed by atoms with E-state index in [2.05, 4.69) is 0 Å². The number of aromatic hydroxyl groups is 1. The number of carbonyl (C=O) groups is 1. The molecule has 0 aromatic heterocycles. The molecule has 2 aromatic rings. The number of hydrogen-bond donors (Lipinski definition) is 3. The molecule has 4 nitrogen and oxygen atoms in total. The molecule has 3 N–H and O–H groups in total. The minimum absolute atomic E-state index is 0.0666. The van der Waals surface area contributed by atoms with Crippen molar-refractivity contribution >= 4 is 16.7 Å². The van der Waals surface area contributed by atoms with Gasteiger partial charge >= 0.3 is 5.97 Å². The lowest BCUT2D eigenvalue weighted by Crippen LogP contribution is -2.03. The summed E-state index contributed by atoms with van der Waals surface area (Å²) in [7, 11) is 0. The molecule has 0 heterocycles. The highest BCUT2D eigenvalue weighted by molar-refractivity contribution is 6.00. The van der Waals surface area contributed by atoms with E-state index in [0.29, 0.717) is 16.3 Å². The third kappa shape index (κ3) is 1.83. The molecular weight excluding hydrogens is 220 g/mol. The zero-order chi connectivity index (χ0) is 12.6. The predicted octanol–water partition coefficient (Wildman–Crippen LogP) is 2.04. The van der Waals surface area contributed by atoms with Crippen LogP contribution >= 0.6 is 0 Å². The van der Waals surface area contributed by atoms with Gasteiger partial charge in [0.05, 0.1) is 12.2 Å². The van der Waals surface area contributed by atoms with Crippen LogP contribution in [0.15, 0.2) is 24.3 Å². The quantitative estimate of drug-likeness (QED) is 0.740. The number of aromatic carboxylic acids is 1. The number of phenols is 1. The molecular formula is C13H12O4. The highest BCUT2D eigenvalue weighted by Crippen LogP contribution is 2.31. The summed E-state index contributed by atoms with van der Waals surface area (Å²) in [5, 5.41) is 29.2. The van der Waals surface area contributed by atoms with Crippen LogP contribution in [0.25, 0.3) is 10.8 Å². The molecule has 0 saturated carbocycles. The van der Waals surface area contributed by atoms with Crippen molar-refractivity contribution < 1.29 is 20.1 Å². The normalized spacial score (nSPS) is 10.7. The van der Waals surface area contributed by atoms with Crippen molar-refractivity contribution in [2.45, 2.75) is 13.5 Å². The predicted molar refractivity (Wildman–Crippen MR) is 63.2 cm³/mol. The number of aliphatic hydroxyl groups excluding tert-OH is 1. The number of hydrogen-bond acceptors (Lipinski definition) is 3. The molecule has 0 aliphatic rings. The Hall–Kier alpha value is -2.07. The highest BCUT2D eigenvalue weighted by atomic mass is 16.4. The molecule has 4 heteroatoms. The van der Waals surface area contributed by atoms with Crippen LogP contribution in [0.4, 0.5) is 0 Å². The molecule has 0 bridgehead atoms. The maximum absolute atomic E-state index is 11.0. The summed E-state index contributed by atoms with van der Waals surface area (Å²) in [6.07, 6.45) is 0. The Morgan fingerprint density at radius 1 is 1.24 bits per heavy atom. The van der Waals surface area contributed by atoms with Crippen molar-refractivity contribution in [3.05, 3.63) is 41.0 Å². The van der Waals surface area contributed by atoms with Gasteiger partial charge in [-0.2, -0.15) is 0 Å². The van der Waals surface area contributed by atoms with Gasteiger partial charge in [0.25, 0.3) is 0 Å². The molecule has 17 heavy (non-hydrogen) atoms. The average Bonchev–Trinajstić information content (AvgIpc) is 2.28. The summed E-state index contributed by atoms with van der Waals surface area (Å²) < 4.78 is 0. The number of carboxylic acid groups (broad SMARTS) is 1. The third-order valence-electron chi connectivity index (χ3n) is 2.77. The number of aryl methyl sites for hydroxylation is 1. The van der Waals surface area contributed by atoms with Crippen molar-refractivity contribution in [2.75, 3.05) is 0 Å². The fourth-order valence-electron chi connectivity index (χ4n) is 1.94. The zero-order valence-corrected chi connectivity index (χ0v) is 9.27. The van der Waals surface area contributed by atoms with Gasteiger partial charge in [-0.25, -0.2) is 4.79 Å². The van der Waals surface area contributed by atoms with E-state index in [-0.39, 0.29) is 17.9 Å². The maximum atomic E-state index is 11.0. The molecule has 0 aliphatic heterocycles. The number of fused-ring (bicyclic) bond motifs is 1. The molecule has 0 unspecified atom stereocenters. The largest absolute Gasteiger partial charge is 0.507 e. The first-order valence-electron chi connectivity index (χ1n) is 5.14. The topological polar surface area (TPSA) is 77.8 Å². The fraction of sp³-hybridized carbons (Fsp3) is 0.154. The van der Waals surface area contributed by atoms with Crippen LogP contribution in [0.1, 0.15) is 21.5 Å². The minimum atomic E-state index is -1.16. The van der Waals surface area contributed by atoms with Gasteiger partial charge in [-0.15, -0.1) is 0 Å². The van der Waals surface area contributed by atoms with Crippen molar-refractivity contribution in [1.82, 2.24) is 0 Å². The maximum Gasteiger partial charge on any atom is 0.336 e. The van der Waals surface area contributed by atoms with E-state index >= 15 is 0 Å². The Labute approximate surface area is 97.8 Å². The van der Waals surface area contributed by atoms with Crippen LogP contribution in [0.5, 0.6) is 5.75 Å². The van der Waals surface area contributed by atoms with Crippen LogP contribution in [0, 0.1) is 6.92 Å². The second kappa shape index (κ2) is 4.07. The molecule has 0 spiro atoms. The average molecular weight is 232 g/mol. The highest BCUT2D eigenvalue weighted by Gasteiger charge is 2.15. The van der Waals surface area contributed by atoms with Crippen LogP contribution < -0.4 is 0 Å². The summed E-state index contributed by atoms with van der Waals surface area (Å²) in [6.45, 7) is 1.49. The van der Waals surface area contributed by atoms with Gasteiger partial charge < -0.3 is 15.3 Å². The van der Waals surface area contributed by atoms with Crippen LogP contribution in [0.2, 0.25) is 0 Å². The number of rotatable bonds is 2. The van der Waals surface area contributed by atoms with Gasteiger partial charge in [0, 0.05) is 10.9 Å².